The Morgan fingerprint density at radius 3 is 1.89 bits per heavy atom. The molecule has 0 aromatic carbocycles. The molecule has 0 bridgehead atoms. The van der Waals surface area contributed by atoms with Gasteiger partial charge >= 0.3 is 0 Å². The van der Waals surface area contributed by atoms with Gasteiger partial charge in [-0.2, -0.15) is 0 Å². The van der Waals surface area contributed by atoms with E-state index in [2.05, 4.69) is 68.4 Å². The molecule has 0 rings (SSSR count). The molecule has 0 amide bonds. The van der Waals surface area contributed by atoms with Gasteiger partial charge < -0.3 is 9.80 Å². The van der Waals surface area contributed by atoms with Crippen molar-refractivity contribution in [2.24, 2.45) is 9.98 Å². The third kappa shape index (κ3) is 10.5. The SMILES string of the molecule is CCN(C)/C=N/C(C)(C)CCN(C)/C=N/C(C)(C)C. The second kappa shape index (κ2) is 7.51. The van der Waals surface area contributed by atoms with Gasteiger partial charge in [0.1, 0.15) is 0 Å². The summed E-state index contributed by atoms with van der Waals surface area (Å²) in [6.45, 7) is 14.7. The number of aliphatic imine (C=N–C) groups is 2. The zero-order valence-corrected chi connectivity index (χ0v) is 14.1. The smallest absolute Gasteiger partial charge is 0.0853 e. The van der Waals surface area contributed by atoms with E-state index in [1.165, 1.54) is 0 Å². The Balaban J connectivity index is 4.23. The summed E-state index contributed by atoms with van der Waals surface area (Å²) in [5.41, 5.74) is -0.0426. The van der Waals surface area contributed by atoms with Crippen molar-refractivity contribution in [2.45, 2.75) is 59.0 Å². The zero-order chi connectivity index (χ0) is 15.1. The molecule has 0 saturated carbocycles. The normalized spacial score (nSPS) is 13.5. The molecule has 0 atom stereocenters. The molecule has 112 valence electrons. The highest BCUT2D eigenvalue weighted by molar-refractivity contribution is 5.55. The standard InChI is InChI=1S/C15H32N4/c1-9-18(7)13-17-15(5,6)10-11-19(8)12-16-14(2,3)4/h12-13H,9-11H2,1-8H3/b16-12+,17-13+. The van der Waals surface area contributed by atoms with Gasteiger partial charge in [0.25, 0.3) is 0 Å². The minimum Gasteiger partial charge on any atom is -0.366 e. The van der Waals surface area contributed by atoms with Crippen molar-refractivity contribution >= 4 is 12.7 Å². The van der Waals surface area contributed by atoms with Crippen molar-refractivity contribution in [2.75, 3.05) is 27.2 Å². The van der Waals surface area contributed by atoms with Crippen molar-refractivity contribution in [3.8, 4) is 0 Å². The van der Waals surface area contributed by atoms with Crippen molar-refractivity contribution < 1.29 is 0 Å². The first-order valence-electron chi connectivity index (χ1n) is 7.07. The van der Waals surface area contributed by atoms with Crippen LogP contribution in [0.25, 0.3) is 0 Å². The van der Waals surface area contributed by atoms with Gasteiger partial charge in [0.15, 0.2) is 0 Å². The third-order valence-electron chi connectivity index (χ3n) is 2.82. The van der Waals surface area contributed by atoms with Crippen LogP contribution < -0.4 is 0 Å². The topological polar surface area (TPSA) is 31.2 Å². The highest BCUT2D eigenvalue weighted by Gasteiger charge is 2.16. The largest absolute Gasteiger partial charge is 0.366 e. The fourth-order valence-electron chi connectivity index (χ4n) is 1.18. The molecule has 4 heteroatoms. The lowest BCUT2D eigenvalue weighted by Gasteiger charge is -2.24. The Bertz CT molecular complexity index is 300. The van der Waals surface area contributed by atoms with Gasteiger partial charge in [-0.15, -0.1) is 0 Å². The van der Waals surface area contributed by atoms with Crippen molar-refractivity contribution in [1.82, 2.24) is 9.80 Å². The van der Waals surface area contributed by atoms with E-state index in [0.29, 0.717) is 0 Å². The lowest BCUT2D eigenvalue weighted by molar-refractivity contribution is 0.394. The predicted octanol–water partition coefficient (Wildman–Crippen LogP) is 2.89. The lowest BCUT2D eigenvalue weighted by Crippen LogP contribution is -2.29. The summed E-state index contributed by atoms with van der Waals surface area (Å²) in [6, 6.07) is 0. The van der Waals surface area contributed by atoms with E-state index in [0.717, 1.165) is 19.5 Å². The molecule has 0 saturated heterocycles. The third-order valence-corrected chi connectivity index (χ3v) is 2.82. The van der Waals surface area contributed by atoms with Crippen molar-refractivity contribution in [3.05, 3.63) is 0 Å². The molecule has 0 N–H and O–H groups in total. The van der Waals surface area contributed by atoms with Crippen LogP contribution in [-0.2, 0) is 0 Å². The first-order chi connectivity index (χ1) is 8.56. The van der Waals surface area contributed by atoms with Gasteiger partial charge in [0.05, 0.1) is 23.8 Å². The fourth-order valence-corrected chi connectivity index (χ4v) is 1.18. The van der Waals surface area contributed by atoms with Crippen LogP contribution in [0, 0.1) is 0 Å². The van der Waals surface area contributed by atoms with Gasteiger partial charge in [-0.1, -0.05) is 0 Å². The van der Waals surface area contributed by atoms with E-state index in [4.69, 9.17) is 0 Å². The summed E-state index contributed by atoms with van der Waals surface area (Å²) >= 11 is 0. The maximum absolute atomic E-state index is 4.64. The van der Waals surface area contributed by atoms with Crippen molar-refractivity contribution in [1.29, 1.82) is 0 Å². The molecule has 19 heavy (non-hydrogen) atoms. The second-order valence-electron chi connectivity index (χ2n) is 6.78. The van der Waals surface area contributed by atoms with Crippen LogP contribution in [-0.4, -0.2) is 60.7 Å². The first-order valence-corrected chi connectivity index (χ1v) is 7.07. The maximum Gasteiger partial charge on any atom is 0.0853 e. The Hall–Kier alpha value is -1.06. The van der Waals surface area contributed by atoms with Crippen LogP contribution >= 0.6 is 0 Å². The minimum atomic E-state index is -0.0345. The highest BCUT2D eigenvalue weighted by Crippen LogP contribution is 2.14. The molecule has 0 aromatic rings. The van der Waals surface area contributed by atoms with Gasteiger partial charge in [-0.3, -0.25) is 9.98 Å². The lowest BCUT2D eigenvalue weighted by atomic mass is 10.0. The molecular formula is C15H32N4. The van der Waals surface area contributed by atoms with Crippen LogP contribution in [0.5, 0.6) is 0 Å². The molecule has 0 unspecified atom stereocenters. The van der Waals surface area contributed by atoms with E-state index in [9.17, 15) is 0 Å². The average Bonchev–Trinajstić information content (AvgIpc) is 2.30. The fraction of sp³-hybridized carbons (Fsp3) is 0.867. The molecular weight excluding hydrogens is 236 g/mol. The molecule has 0 fully saturated rings. The van der Waals surface area contributed by atoms with Crippen LogP contribution in [0.2, 0.25) is 0 Å². The summed E-state index contributed by atoms with van der Waals surface area (Å²) in [5.74, 6) is 0. The Morgan fingerprint density at radius 1 is 0.895 bits per heavy atom. The van der Waals surface area contributed by atoms with E-state index < -0.39 is 0 Å². The maximum atomic E-state index is 4.64. The van der Waals surface area contributed by atoms with Gasteiger partial charge in [-0.05, 0) is 48.0 Å². The van der Waals surface area contributed by atoms with E-state index in [1.807, 2.05) is 19.7 Å². The van der Waals surface area contributed by atoms with Gasteiger partial charge in [0, 0.05) is 27.2 Å². The van der Waals surface area contributed by atoms with Crippen LogP contribution in [0.15, 0.2) is 9.98 Å². The number of hydrogen-bond acceptors (Lipinski definition) is 2. The van der Waals surface area contributed by atoms with Crippen LogP contribution in [0.1, 0.15) is 48.0 Å². The summed E-state index contributed by atoms with van der Waals surface area (Å²) in [6.07, 6.45) is 4.87. The number of hydrogen-bond donors (Lipinski definition) is 0. The molecule has 0 heterocycles. The first kappa shape index (κ1) is 17.9. The molecule has 0 aliphatic rings. The highest BCUT2D eigenvalue weighted by atomic mass is 15.1. The molecule has 0 aromatic heterocycles. The van der Waals surface area contributed by atoms with Gasteiger partial charge in [0.2, 0.25) is 0 Å². The molecule has 0 radical (unpaired) electrons. The average molecular weight is 268 g/mol. The zero-order valence-electron chi connectivity index (χ0n) is 14.1. The van der Waals surface area contributed by atoms with Crippen LogP contribution in [0.3, 0.4) is 0 Å². The summed E-state index contributed by atoms with van der Waals surface area (Å²) in [5, 5.41) is 0. The second-order valence-corrected chi connectivity index (χ2v) is 6.78. The van der Waals surface area contributed by atoms with Crippen molar-refractivity contribution in [3.63, 3.8) is 0 Å². The quantitative estimate of drug-likeness (QED) is 0.525. The molecule has 0 aliphatic heterocycles. The predicted molar refractivity (Wildman–Crippen MR) is 86.4 cm³/mol. The van der Waals surface area contributed by atoms with Crippen LogP contribution in [0.4, 0.5) is 0 Å². The van der Waals surface area contributed by atoms with E-state index in [-0.39, 0.29) is 11.1 Å². The molecule has 0 aliphatic carbocycles. The number of rotatable bonds is 7. The summed E-state index contributed by atoms with van der Waals surface area (Å²) in [4.78, 5) is 13.4. The van der Waals surface area contributed by atoms with E-state index in [1.54, 1.807) is 0 Å². The summed E-state index contributed by atoms with van der Waals surface area (Å²) < 4.78 is 0. The Labute approximate surface area is 119 Å². The molecule has 0 spiro atoms. The Kier molecular flexibility index (Phi) is 7.09. The number of nitrogens with zero attached hydrogens (tertiary/aromatic N) is 4. The summed E-state index contributed by atoms with van der Waals surface area (Å²) in [7, 11) is 4.11. The van der Waals surface area contributed by atoms with E-state index >= 15 is 0 Å². The monoisotopic (exact) mass is 268 g/mol. The minimum absolute atomic E-state index is 0.00817. The van der Waals surface area contributed by atoms with Gasteiger partial charge in [-0.25, -0.2) is 0 Å². The Morgan fingerprint density at radius 2 is 1.42 bits per heavy atom. The molecule has 4 nitrogen and oxygen atoms in total.